The molecule has 1 aliphatic rings. The van der Waals surface area contributed by atoms with E-state index in [1.54, 1.807) is 54.6 Å². The number of methoxy groups -OCH3 is 3. The largest absolute Gasteiger partial charge is 0.493 e. The van der Waals surface area contributed by atoms with Gasteiger partial charge in [0, 0.05) is 16.8 Å². The van der Waals surface area contributed by atoms with E-state index in [0.717, 1.165) is 5.56 Å². The van der Waals surface area contributed by atoms with Crippen molar-refractivity contribution < 1.29 is 33.3 Å². The van der Waals surface area contributed by atoms with E-state index in [1.165, 1.54) is 27.5 Å². The van der Waals surface area contributed by atoms with Crippen molar-refractivity contribution in [3.8, 4) is 28.7 Å². The Morgan fingerprint density at radius 3 is 2.17 bits per heavy atom. The van der Waals surface area contributed by atoms with Gasteiger partial charge in [0.25, 0.3) is 11.8 Å². The summed E-state index contributed by atoms with van der Waals surface area (Å²) >= 11 is 0. The summed E-state index contributed by atoms with van der Waals surface area (Å²) in [6.45, 7) is 0.186. The van der Waals surface area contributed by atoms with Gasteiger partial charge in [-0.25, -0.2) is 5.43 Å². The Balaban J connectivity index is 1.38. The Morgan fingerprint density at radius 2 is 1.51 bits per heavy atom. The van der Waals surface area contributed by atoms with Crippen molar-refractivity contribution in [2.45, 2.75) is 0 Å². The highest BCUT2D eigenvalue weighted by molar-refractivity contribution is 6.05. The number of carbonyl (C=O) groups excluding carboxylic acids is 2. The molecule has 10 nitrogen and oxygen atoms in total. The van der Waals surface area contributed by atoms with Crippen LogP contribution in [-0.2, 0) is 0 Å². The van der Waals surface area contributed by atoms with Gasteiger partial charge in [0.15, 0.2) is 23.0 Å². The van der Waals surface area contributed by atoms with Crippen LogP contribution in [0.25, 0.3) is 0 Å². The van der Waals surface area contributed by atoms with Crippen molar-refractivity contribution in [2.75, 3.05) is 33.4 Å². The number of benzene rings is 3. The molecule has 0 unspecified atom stereocenters. The van der Waals surface area contributed by atoms with Gasteiger partial charge in [-0.05, 0) is 60.2 Å². The summed E-state index contributed by atoms with van der Waals surface area (Å²) in [5, 5.41) is 6.75. The van der Waals surface area contributed by atoms with Crippen LogP contribution in [0.1, 0.15) is 26.3 Å². The maximum atomic E-state index is 12.7. The number of hydrazone groups is 1. The van der Waals surface area contributed by atoms with Crippen molar-refractivity contribution in [1.82, 2.24) is 5.43 Å². The molecule has 35 heavy (non-hydrogen) atoms. The number of hydrogen-bond acceptors (Lipinski definition) is 8. The lowest BCUT2D eigenvalue weighted by Crippen LogP contribution is -2.18. The molecule has 1 aliphatic heterocycles. The lowest BCUT2D eigenvalue weighted by molar-refractivity contribution is 0.0954. The van der Waals surface area contributed by atoms with Gasteiger partial charge >= 0.3 is 0 Å². The van der Waals surface area contributed by atoms with Crippen LogP contribution in [0.5, 0.6) is 28.7 Å². The molecule has 2 amide bonds. The fourth-order valence-electron chi connectivity index (χ4n) is 3.34. The molecule has 180 valence electrons. The van der Waals surface area contributed by atoms with Crippen molar-refractivity contribution in [3.63, 3.8) is 0 Å². The highest BCUT2D eigenvalue weighted by atomic mass is 16.7. The van der Waals surface area contributed by atoms with Crippen LogP contribution in [0.3, 0.4) is 0 Å². The summed E-state index contributed by atoms with van der Waals surface area (Å²) in [7, 11) is 4.43. The monoisotopic (exact) mass is 477 g/mol. The fraction of sp³-hybridized carbons (Fsp3) is 0.160. The average Bonchev–Trinajstić information content (AvgIpc) is 3.36. The van der Waals surface area contributed by atoms with E-state index in [-0.39, 0.29) is 12.7 Å². The van der Waals surface area contributed by atoms with Crippen LogP contribution in [-0.4, -0.2) is 46.2 Å². The zero-order valence-electron chi connectivity index (χ0n) is 19.3. The maximum absolute atomic E-state index is 12.7. The number of carbonyl (C=O) groups is 2. The van der Waals surface area contributed by atoms with Crippen LogP contribution in [0.15, 0.2) is 59.7 Å². The smallest absolute Gasteiger partial charge is 0.271 e. The Hall–Kier alpha value is -4.73. The molecule has 0 radical (unpaired) electrons. The molecule has 0 saturated heterocycles. The van der Waals surface area contributed by atoms with Crippen LogP contribution in [0, 0.1) is 0 Å². The lowest BCUT2D eigenvalue weighted by atomic mass is 10.1. The molecule has 3 aromatic carbocycles. The van der Waals surface area contributed by atoms with Crippen LogP contribution in [0.4, 0.5) is 5.69 Å². The molecule has 4 rings (SSSR count). The summed E-state index contributed by atoms with van der Waals surface area (Å²) in [6, 6.07) is 14.8. The molecule has 0 fully saturated rings. The normalized spacial score (nSPS) is 11.7. The van der Waals surface area contributed by atoms with Crippen molar-refractivity contribution in [3.05, 3.63) is 71.3 Å². The molecule has 3 aromatic rings. The zero-order chi connectivity index (χ0) is 24.8. The van der Waals surface area contributed by atoms with Crippen LogP contribution >= 0.6 is 0 Å². The predicted molar refractivity (Wildman–Crippen MR) is 128 cm³/mol. The van der Waals surface area contributed by atoms with E-state index in [9.17, 15) is 9.59 Å². The minimum absolute atomic E-state index is 0.186. The van der Waals surface area contributed by atoms with E-state index in [0.29, 0.717) is 45.6 Å². The minimum Gasteiger partial charge on any atom is -0.493 e. The Labute approximate surface area is 201 Å². The number of nitrogens with one attached hydrogen (secondary N) is 2. The van der Waals surface area contributed by atoms with Gasteiger partial charge in [-0.1, -0.05) is 0 Å². The molecule has 0 spiro atoms. The summed E-state index contributed by atoms with van der Waals surface area (Å²) in [5.74, 6) is 1.64. The maximum Gasteiger partial charge on any atom is 0.271 e. The van der Waals surface area contributed by atoms with E-state index >= 15 is 0 Å². The van der Waals surface area contributed by atoms with Gasteiger partial charge in [-0.15, -0.1) is 0 Å². The van der Waals surface area contributed by atoms with Crippen molar-refractivity contribution >= 4 is 23.7 Å². The molecule has 1 heterocycles. The second kappa shape index (κ2) is 10.5. The molecule has 0 aromatic heterocycles. The average molecular weight is 477 g/mol. The van der Waals surface area contributed by atoms with Gasteiger partial charge in [0.05, 0.1) is 27.5 Å². The Morgan fingerprint density at radius 1 is 0.829 bits per heavy atom. The first-order chi connectivity index (χ1) is 17.0. The number of amides is 2. The molecular weight excluding hydrogens is 454 g/mol. The van der Waals surface area contributed by atoms with Gasteiger partial charge < -0.3 is 29.0 Å². The number of fused-ring (bicyclic) bond motifs is 1. The van der Waals surface area contributed by atoms with E-state index < -0.39 is 5.91 Å². The summed E-state index contributed by atoms with van der Waals surface area (Å²) in [4.78, 5) is 25.1. The van der Waals surface area contributed by atoms with Crippen LogP contribution < -0.4 is 34.4 Å². The Bertz CT molecular complexity index is 1250. The summed E-state index contributed by atoms with van der Waals surface area (Å²) < 4.78 is 26.4. The highest BCUT2D eigenvalue weighted by Gasteiger charge is 2.17. The van der Waals surface area contributed by atoms with Crippen LogP contribution in [0.2, 0.25) is 0 Å². The summed E-state index contributed by atoms with van der Waals surface area (Å²) in [6.07, 6.45) is 1.51. The first kappa shape index (κ1) is 23.4. The third-order valence-electron chi connectivity index (χ3n) is 5.11. The number of ether oxygens (including phenoxy) is 5. The molecule has 0 bridgehead atoms. The topological polar surface area (TPSA) is 117 Å². The second-order valence-electron chi connectivity index (χ2n) is 7.26. The molecule has 2 N–H and O–H groups in total. The Kier molecular flexibility index (Phi) is 7.01. The fourth-order valence-corrected chi connectivity index (χ4v) is 3.34. The van der Waals surface area contributed by atoms with Gasteiger partial charge in [0.2, 0.25) is 12.5 Å². The van der Waals surface area contributed by atoms with E-state index in [1.807, 2.05) is 0 Å². The lowest BCUT2D eigenvalue weighted by Gasteiger charge is -2.14. The third kappa shape index (κ3) is 5.27. The first-order valence-corrected chi connectivity index (χ1v) is 10.5. The van der Waals surface area contributed by atoms with Gasteiger partial charge in [-0.2, -0.15) is 5.10 Å². The molecule has 0 aliphatic carbocycles. The highest BCUT2D eigenvalue weighted by Crippen LogP contribution is 2.38. The zero-order valence-corrected chi connectivity index (χ0v) is 19.3. The number of hydrogen-bond donors (Lipinski definition) is 2. The second-order valence-corrected chi connectivity index (χ2v) is 7.26. The van der Waals surface area contributed by atoms with Crippen molar-refractivity contribution in [1.29, 1.82) is 0 Å². The van der Waals surface area contributed by atoms with Crippen molar-refractivity contribution in [2.24, 2.45) is 5.10 Å². The first-order valence-electron chi connectivity index (χ1n) is 10.5. The van der Waals surface area contributed by atoms with E-state index in [2.05, 4.69) is 15.8 Å². The molecule has 10 heteroatoms. The number of rotatable bonds is 8. The SMILES string of the molecule is COc1cc(C(=O)Nc2ccc(C(=O)N/N=C\c3ccc4c(c3)OCO4)cc2)cc(OC)c1OC. The molecule has 0 saturated carbocycles. The third-order valence-corrected chi connectivity index (χ3v) is 5.11. The number of anilines is 1. The molecular formula is C25H23N3O7. The van der Waals surface area contributed by atoms with Gasteiger partial charge in [0.1, 0.15) is 0 Å². The predicted octanol–water partition coefficient (Wildman–Crippen LogP) is 3.46. The van der Waals surface area contributed by atoms with Gasteiger partial charge in [-0.3, -0.25) is 9.59 Å². The number of nitrogens with zero attached hydrogens (tertiary/aromatic N) is 1. The quantitative estimate of drug-likeness (QED) is 0.377. The van der Waals surface area contributed by atoms with E-state index in [4.69, 9.17) is 23.7 Å². The standard InChI is InChI=1S/C25H23N3O7/c1-31-21-11-17(12-22(32-2)23(21)33-3)24(29)27-18-7-5-16(6-8-18)25(30)28-26-13-15-4-9-19-20(10-15)35-14-34-19/h4-13H,14H2,1-3H3,(H,27,29)(H,28,30)/b26-13-. The molecule has 0 atom stereocenters. The summed E-state index contributed by atoms with van der Waals surface area (Å²) in [5.41, 5.74) is 4.41. The minimum atomic E-state index is -0.399.